The molecule has 0 saturated heterocycles. The lowest BCUT2D eigenvalue weighted by Gasteiger charge is -1.94. The molecule has 2 N–H and O–H groups in total. The van der Waals surface area contributed by atoms with E-state index in [1.165, 1.54) is 0 Å². The second-order valence-electron chi connectivity index (χ2n) is 2.48. The van der Waals surface area contributed by atoms with Crippen molar-refractivity contribution in [2.45, 2.75) is 13.5 Å². The molecule has 0 atom stereocenters. The first-order valence-electron chi connectivity index (χ1n) is 4.02. The molecule has 0 amide bonds. The van der Waals surface area contributed by atoms with Gasteiger partial charge in [-0.05, 0) is 6.92 Å². The van der Waals surface area contributed by atoms with E-state index < -0.39 is 5.97 Å². The summed E-state index contributed by atoms with van der Waals surface area (Å²) in [6.45, 7) is 2.92. The van der Waals surface area contributed by atoms with Crippen molar-refractivity contribution in [1.29, 1.82) is 0 Å². The van der Waals surface area contributed by atoms with Crippen LogP contribution in [-0.4, -0.2) is 22.6 Å². The molecule has 5 heteroatoms. The summed E-state index contributed by atoms with van der Waals surface area (Å²) in [6.07, 6.45) is 0. The second kappa shape index (κ2) is 5.37. The Balaban J connectivity index is 2.42. The van der Waals surface area contributed by atoms with Crippen molar-refractivity contribution in [2.75, 3.05) is 6.54 Å². The van der Waals surface area contributed by atoms with Crippen LogP contribution in [-0.2, 0) is 6.54 Å². The number of nitrogens with one attached hydrogen (secondary N) is 1. The molecule has 1 aromatic rings. The van der Waals surface area contributed by atoms with Crippen LogP contribution in [0.1, 0.15) is 22.4 Å². The Hall–Kier alpha value is -1.38. The first-order valence-corrected chi connectivity index (χ1v) is 4.90. The summed E-state index contributed by atoms with van der Waals surface area (Å²) in [6, 6.07) is 0. The second-order valence-corrected chi connectivity index (χ2v) is 3.34. The van der Waals surface area contributed by atoms with Crippen molar-refractivity contribution >= 4 is 17.3 Å². The molecule has 0 saturated carbocycles. The Bertz CT molecular complexity index is 376. The molecule has 0 spiro atoms. The van der Waals surface area contributed by atoms with Crippen LogP contribution >= 0.6 is 11.3 Å². The minimum Gasteiger partial charge on any atom is -0.476 e. The molecule has 74 valence electrons. The van der Waals surface area contributed by atoms with Gasteiger partial charge < -0.3 is 10.4 Å². The van der Waals surface area contributed by atoms with Crippen LogP contribution < -0.4 is 5.32 Å². The molecule has 0 bridgehead atoms. The van der Waals surface area contributed by atoms with Crippen molar-refractivity contribution in [1.82, 2.24) is 10.3 Å². The van der Waals surface area contributed by atoms with Gasteiger partial charge in [-0.15, -0.1) is 17.3 Å². The summed E-state index contributed by atoms with van der Waals surface area (Å²) in [4.78, 5) is 14.4. The quantitative estimate of drug-likeness (QED) is 0.574. The normalized spacial score (nSPS) is 9.21. The van der Waals surface area contributed by atoms with Crippen molar-refractivity contribution in [3.05, 3.63) is 16.1 Å². The molecule has 0 fully saturated rings. The van der Waals surface area contributed by atoms with Gasteiger partial charge in [-0.2, -0.15) is 0 Å². The summed E-state index contributed by atoms with van der Waals surface area (Å²) in [5, 5.41) is 13.5. The molecule has 0 unspecified atom stereocenters. The Labute approximate surface area is 86.0 Å². The standard InChI is InChI=1S/C9H10N2O2S/c1-2-3-4-10-5-7-6-14-8(11-7)9(12)13/h6,10H,4-5H2,1H3,(H,12,13). The average Bonchev–Trinajstić information content (AvgIpc) is 2.61. The maximum Gasteiger partial charge on any atom is 0.365 e. The first-order chi connectivity index (χ1) is 6.74. The van der Waals surface area contributed by atoms with Gasteiger partial charge in [-0.25, -0.2) is 9.78 Å². The summed E-state index contributed by atoms with van der Waals surface area (Å²) in [5.74, 6) is 4.62. The number of aromatic nitrogens is 1. The zero-order valence-electron chi connectivity index (χ0n) is 7.70. The molecule has 0 radical (unpaired) electrons. The third-order valence-electron chi connectivity index (χ3n) is 1.43. The molecule has 1 aromatic heterocycles. The minimum atomic E-state index is -0.977. The highest BCUT2D eigenvalue weighted by molar-refractivity contribution is 7.11. The van der Waals surface area contributed by atoms with Crippen molar-refractivity contribution in [3.63, 3.8) is 0 Å². The molecular weight excluding hydrogens is 200 g/mol. The number of thiazole rings is 1. The van der Waals surface area contributed by atoms with Gasteiger partial charge >= 0.3 is 5.97 Å². The maximum atomic E-state index is 10.5. The van der Waals surface area contributed by atoms with E-state index in [-0.39, 0.29) is 5.01 Å². The number of carbonyl (C=O) groups is 1. The number of hydrogen-bond donors (Lipinski definition) is 2. The van der Waals surface area contributed by atoms with Gasteiger partial charge in [0.25, 0.3) is 0 Å². The third-order valence-corrected chi connectivity index (χ3v) is 2.31. The van der Waals surface area contributed by atoms with Crippen LogP contribution in [0.4, 0.5) is 0 Å². The Kier molecular flexibility index (Phi) is 4.11. The molecule has 0 aliphatic rings. The van der Waals surface area contributed by atoms with Crippen LogP contribution in [0.5, 0.6) is 0 Å². The SMILES string of the molecule is CC#CCNCc1csc(C(=O)O)n1. The lowest BCUT2D eigenvalue weighted by atomic mass is 10.4. The van der Waals surface area contributed by atoms with Crippen LogP contribution in [0.3, 0.4) is 0 Å². The molecule has 1 rings (SSSR count). The monoisotopic (exact) mass is 210 g/mol. The zero-order valence-corrected chi connectivity index (χ0v) is 8.52. The largest absolute Gasteiger partial charge is 0.476 e. The molecular formula is C9H10N2O2S. The highest BCUT2D eigenvalue weighted by atomic mass is 32.1. The van der Waals surface area contributed by atoms with Gasteiger partial charge in [-0.1, -0.05) is 5.92 Å². The minimum absolute atomic E-state index is 0.128. The fourth-order valence-electron chi connectivity index (χ4n) is 0.828. The predicted octanol–water partition coefficient (Wildman–Crippen LogP) is 0.954. The summed E-state index contributed by atoms with van der Waals surface area (Å²) < 4.78 is 0. The fourth-order valence-corrected chi connectivity index (χ4v) is 1.48. The van der Waals surface area contributed by atoms with Crippen LogP contribution in [0.25, 0.3) is 0 Å². The fraction of sp³-hybridized carbons (Fsp3) is 0.333. The maximum absolute atomic E-state index is 10.5. The van der Waals surface area contributed by atoms with E-state index in [0.29, 0.717) is 13.1 Å². The van der Waals surface area contributed by atoms with E-state index in [9.17, 15) is 4.79 Å². The zero-order chi connectivity index (χ0) is 10.4. The Morgan fingerprint density at radius 3 is 3.14 bits per heavy atom. The summed E-state index contributed by atoms with van der Waals surface area (Å²) in [7, 11) is 0. The van der Waals surface area contributed by atoms with Crippen molar-refractivity contribution in [3.8, 4) is 11.8 Å². The topological polar surface area (TPSA) is 62.2 Å². The molecule has 1 heterocycles. The summed E-state index contributed by atoms with van der Waals surface area (Å²) >= 11 is 1.13. The van der Waals surface area contributed by atoms with Crippen molar-refractivity contribution in [2.24, 2.45) is 0 Å². The van der Waals surface area contributed by atoms with E-state index in [4.69, 9.17) is 5.11 Å². The third kappa shape index (κ3) is 3.17. The highest BCUT2D eigenvalue weighted by Gasteiger charge is 2.07. The predicted molar refractivity (Wildman–Crippen MR) is 54.2 cm³/mol. The first kappa shape index (κ1) is 10.7. The van der Waals surface area contributed by atoms with E-state index in [0.717, 1.165) is 17.0 Å². The number of aromatic carboxylic acids is 1. The summed E-state index contributed by atoms with van der Waals surface area (Å²) in [5.41, 5.74) is 0.741. The molecule has 0 aromatic carbocycles. The molecule has 4 nitrogen and oxygen atoms in total. The van der Waals surface area contributed by atoms with Crippen LogP contribution in [0, 0.1) is 11.8 Å². The van der Waals surface area contributed by atoms with Gasteiger partial charge in [0.05, 0.1) is 12.2 Å². The molecule has 0 aliphatic heterocycles. The Morgan fingerprint density at radius 1 is 1.79 bits per heavy atom. The van der Waals surface area contributed by atoms with Gasteiger partial charge in [0.2, 0.25) is 5.01 Å². The number of carboxylic acid groups (broad SMARTS) is 1. The lowest BCUT2D eigenvalue weighted by Crippen LogP contribution is -2.13. The Morgan fingerprint density at radius 2 is 2.57 bits per heavy atom. The van der Waals surface area contributed by atoms with E-state index in [1.807, 2.05) is 0 Å². The number of carboxylic acids is 1. The van der Waals surface area contributed by atoms with Gasteiger partial charge in [0, 0.05) is 11.9 Å². The number of rotatable bonds is 4. The van der Waals surface area contributed by atoms with Crippen molar-refractivity contribution < 1.29 is 9.90 Å². The van der Waals surface area contributed by atoms with E-state index in [1.54, 1.807) is 12.3 Å². The average molecular weight is 210 g/mol. The lowest BCUT2D eigenvalue weighted by molar-refractivity contribution is 0.0696. The van der Waals surface area contributed by atoms with E-state index >= 15 is 0 Å². The molecule has 14 heavy (non-hydrogen) atoms. The highest BCUT2D eigenvalue weighted by Crippen LogP contribution is 2.08. The van der Waals surface area contributed by atoms with Crippen LogP contribution in [0.2, 0.25) is 0 Å². The van der Waals surface area contributed by atoms with E-state index in [2.05, 4.69) is 22.1 Å². The van der Waals surface area contributed by atoms with Gasteiger partial charge in [0.15, 0.2) is 0 Å². The van der Waals surface area contributed by atoms with Gasteiger partial charge in [-0.3, -0.25) is 0 Å². The number of hydrogen-bond acceptors (Lipinski definition) is 4. The number of nitrogens with zero attached hydrogens (tertiary/aromatic N) is 1. The smallest absolute Gasteiger partial charge is 0.365 e. The molecule has 0 aliphatic carbocycles. The van der Waals surface area contributed by atoms with Crippen LogP contribution in [0.15, 0.2) is 5.38 Å². The van der Waals surface area contributed by atoms with Gasteiger partial charge in [0.1, 0.15) is 0 Å².